The van der Waals surface area contributed by atoms with E-state index in [0.717, 1.165) is 43.0 Å². The molecule has 2 aliphatic heterocycles. The standard InChI is InChI=1S/C20H23ClN2O.C8H17N.C2H6/c1-3-14-6-8-15(9-7-14)19-5-4-10-23(19)13(2)16-11-17(21)20(24)12-18(16)22;1-3-9-6-4-8(2)5-7-9;1-2/h6-9,11-12,19,24H,2-5,10,22H2,1H3;8H,3-7H2,1-2H3;1-2H3. The molecule has 5 heteroatoms. The summed E-state index contributed by atoms with van der Waals surface area (Å²) in [6.45, 7) is 19.9. The van der Waals surface area contributed by atoms with Crippen molar-refractivity contribution < 1.29 is 5.11 Å². The largest absolute Gasteiger partial charge is 0.506 e. The number of hydrogen-bond acceptors (Lipinski definition) is 4. The Balaban J connectivity index is 0.000000329. The number of nitrogen functional groups attached to an aromatic ring is 1. The maximum atomic E-state index is 9.70. The summed E-state index contributed by atoms with van der Waals surface area (Å²) in [5, 5.41) is 9.99. The van der Waals surface area contributed by atoms with E-state index < -0.39 is 0 Å². The third kappa shape index (κ3) is 7.91. The smallest absolute Gasteiger partial charge is 0.136 e. The van der Waals surface area contributed by atoms with Crippen molar-refractivity contribution in [3.63, 3.8) is 0 Å². The first-order valence-corrected chi connectivity index (χ1v) is 13.8. The summed E-state index contributed by atoms with van der Waals surface area (Å²) in [5.74, 6) is 0.978. The highest BCUT2D eigenvalue weighted by Gasteiger charge is 2.28. The average molecular weight is 500 g/mol. The number of halogens is 1. The van der Waals surface area contributed by atoms with Gasteiger partial charge in [0.1, 0.15) is 5.75 Å². The molecule has 0 spiro atoms. The van der Waals surface area contributed by atoms with Gasteiger partial charge >= 0.3 is 0 Å². The molecule has 0 radical (unpaired) electrons. The van der Waals surface area contributed by atoms with E-state index >= 15 is 0 Å². The van der Waals surface area contributed by atoms with Crippen LogP contribution in [0.2, 0.25) is 5.02 Å². The van der Waals surface area contributed by atoms with Gasteiger partial charge in [-0.15, -0.1) is 0 Å². The monoisotopic (exact) mass is 499 g/mol. The van der Waals surface area contributed by atoms with Gasteiger partial charge in [-0.25, -0.2) is 0 Å². The van der Waals surface area contributed by atoms with Crippen LogP contribution in [0.15, 0.2) is 43.0 Å². The van der Waals surface area contributed by atoms with Crippen LogP contribution < -0.4 is 5.73 Å². The zero-order chi connectivity index (χ0) is 26.0. The SMILES string of the molecule is C=C(c1cc(Cl)c(O)cc1N)N1CCCC1c1ccc(CC)cc1.CC.CCN1CCC(C)CC1. The van der Waals surface area contributed by atoms with E-state index in [1.54, 1.807) is 6.07 Å². The van der Waals surface area contributed by atoms with E-state index in [-0.39, 0.29) is 5.75 Å². The first kappa shape index (κ1) is 29.1. The van der Waals surface area contributed by atoms with Gasteiger partial charge in [0, 0.05) is 29.6 Å². The van der Waals surface area contributed by atoms with Gasteiger partial charge in [-0.2, -0.15) is 0 Å². The Labute approximate surface area is 218 Å². The maximum absolute atomic E-state index is 9.70. The van der Waals surface area contributed by atoms with Crippen molar-refractivity contribution in [1.29, 1.82) is 0 Å². The third-order valence-electron chi connectivity index (χ3n) is 7.13. The number of phenols is 1. The first-order valence-electron chi connectivity index (χ1n) is 13.4. The number of hydrogen-bond donors (Lipinski definition) is 2. The minimum atomic E-state index is -0.00107. The summed E-state index contributed by atoms with van der Waals surface area (Å²) >= 11 is 6.06. The van der Waals surface area contributed by atoms with E-state index in [2.05, 4.69) is 61.4 Å². The van der Waals surface area contributed by atoms with Crippen LogP contribution in [-0.4, -0.2) is 41.1 Å². The topological polar surface area (TPSA) is 52.7 Å². The molecule has 3 N–H and O–H groups in total. The van der Waals surface area contributed by atoms with Crippen LogP contribution in [0.1, 0.15) is 83.0 Å². The van der Waals surface area contributed by atoms with Crippen molar-refractivity contribution in [3.05, 3.63) is 64.7 Å². The van der Waals surface area contributed by atoms with Crippen LogP contribution in [-0.2, 0) is 6.42 Å². The molecule has 2 saturated heterocycles. The van der Waals surface area contributed by atoms with Crippen LogP contribution in [0.3, 0.4) is 0 Å². The lowest BCUT2D eigenvalue weighted by Crippen LogP contribution is -2.32. The Hall–Kier alpha value is -2.17. The molecular weight excluding hydrogens is 454 g/mol. The number of piperidine rings is 1. The predicted molar refractivity (Wildman–Crippen MR) is 153 cm³/mol. The molecule has 2 heterocycles. The Morgan fingerprint density at radius 2 is 1.69 bits per heavy atom. The van der Waals surface area contributed by atoms with Crippen molar-refractivity contribution in [2.24, 2.45) is 5.92 Å². The van der Waals surface area contributed by atoms with Crippen molar-refractivity contribution in [2.75, 3.05) is 31.9 Å². The number of nitrogens with zero attached hydrogens (tertiary/aromatic N) is 2. The van der Waals surface area contributed by atoms with Crippen LogP contribution in [0.4, 0.5) is 5.69 Å². The molecule has 194 valence electrons. The zero-order valence-electron chi connectivity index (χ0n) is 22.5. The van der Waals surface area contributed by atoms with Crippen LogP contribution in [0.5, 0.6) is 5.75 Å². The summed E-state index contributed by atoms with van der Waals surface area (Å²) in [6, 6.07) is 12.3. The molecule has 2 aromatic rings. The predicted octanol–water partition coefficient (Wildman–Crippen LogP) is 7.76. The van der Waals surface area contributed by atoms with Gasteiger partial charge < -0.3 is 20.6 Å². The maximum Gasteiger partial charge on any atom is 0.136 e. The number of rotatable bonds is 5. The second kappa shape index (κ2) is 14.4. The minimum Gasteiger partial charge on any atom is -0.506 e. The Kier molecular flexibility index (Phi) is 12.0. The molecule has 0 saturated carbocycles. The molecule has 1 atom stereocenters. The number of anilines is 1. The lowest BCUT2D eigenvalue weighted by atomic mass is 9.99. The van der Waals surface area contributed by atoms with E-state index in [4.69, 9.17) is 17.3 Å². The molecule has 2 fully saturated rings. The average Bonchev–Trinajstić information content (AvgIpc) is 3.38. The minimum absolute atomic E-state index is 0.00107. The molecule has 2 aromatic carbocycles. The second-order valence-corrected chi connectivity index (χ2v) is 9.81. The molecule has 4 nitrogen and oxygen atoms in total. The fraction of sp³-hybridized carbons (Fsp3) is 0.533. The summed E-state index contributed by atoms with van der Waals surface area (Å²) in [4.78, 5) is 4.82. The van der Waals surface area contributed by atoms with Crippen molar-refractivity contribution in [2.45, 2.75) is 72.8 Å². The summed E-state index contributed by atoms with van der Waals surface area (Å²) in [6.07, 6.45) is 6.08. The lowest BCUT2D eigenvalue weighted by Gasteiger charge is -2.30. The highest BCUT2D eigenvalue weighted by Crippen LogP contribution is 2.40. The normalized spacial score (nSPS) is 18.3. The Bertz CT molecular complexity index is 920. The van der Waals surface area contributed by atoms with Gasteiger partial charge in [-0.05, 0) is 74.8 Å². The quantitative estimate of drug-likeness (QED) is 0.412. The molecular formula is C30H46ClN3O. The fourth-order valence-electron chi connectivity index (χ4n) is 4.77. The molecule has 0 bridgehead atoms. The Morgan fingerprint density at radius 3 is 2.26 bits per heavy atom. The highest BCUT2D eigenvalue weighted by atomic mass is 35.5. The van der Waals surface area contributed by atoms with E-state index in [0.29, 0.717) is 16.8 Å². The summed E-state index contributed by atoms with van der Waals surface area (Å²) < 4.78 is 0. The molecule has 2 aliphatic rings. The number of likely N-dealkylation sites (tertiary alicyclic amines) is 2. The Morgan fingerprint density at radius 1 is 1.06 bits per heavy atom. The zero-order valence-corrected chi connectivity index (χ0v) is 23.2. The van der Waals surface area contributed by atoms with Gasteiger partial charge in [0.05, 0.1) is 11.1 Å². The molecule has 0 aliphatic carbocycles. The molecule has 0 aromatic heterocycles. The number of nitrogens with two attached hydrogens (primary N) is 1. The second-order valence-electron chi connectivity index (χ2n) is 9.40. The molecule has 35 heavy (non-hydrogen) atoms. The van der Waals surface area contributed by atoms with Gasteiger partial charge in [0.2, 0.25) is 0 Å². The lowest BCUT2D eigenvalue weighted by molar-refractivity contribution is 0.201. The number of phenolic OH excluding ortho intramolecular Hbond substituents is 1. The van der Waals surface area contributed by atoms with E-state index in [1.807, 2.05) is 13.8 Å². The van der Waals surface area contributed by atoms with Crippen molar-refractivity contribution >= 4 is 23.0 Å². The van der Waals surface area contributed by atoms with Gasteiger partial charge in [0.25, 0.3) is 0 Å². The van der Waals surface area contributed by atoms with Crippen LogP contribution in [0, 0.1) is 5.92 Å². The van der Waals surface area contributed by atoms with E-state index in [9.17, 15) is 5.11 Å². The van der Waals surface area contributed by atoms with Gasteiger partial charge in [0.15, 0.2) is 0 Å². The fourth-order valence-corrected chi connectivity index (χ4v) is 4.94. The molecule has 1 unspecified atom stereocenters. The number of aryl methyl sites for hydroxylation is 1. The van der Waals surface area contributed by atoms with Crippen molar-refractivity contribution in [3.8, 4) is 5.75 Å². The number of benzene rings is 2. The van der Waals surface area contributed by atoms with Crippen molar-refractivity contribution in [1.82, 2.24) is 9.80 Å². The van der Waals surface area contributed by atoms with Gasteiger partial charge in [-0.1, -0.05) is 77.1 Å². The molecule has 4 rings (SSSR count). The molecule has 0 amide bonds. The van der Waals surface area contributed by atoms with Crippen LogP contribution in [0.25, 0.3) is 5.70 Å². The van der Waals surface area contributed by atoms with E-state index in [1.165, 1.54) is 49.7 Å². The van der Waals surface area contributed by atoms with Crippen LogP contribution >= 0.6 is 11.6 Å². The first-order chi connectivity index (χ1) is 16.8. The van der Waals surface area contributed by atoms with Gasteiger partial charge in [-0.3, -0.25) is 0 Å². The summed E-state index contributed by atoms with van der Waals surface area (Å²) in [7, 11) is 0. The highest BCUT2D eigenvalue weighted by molar-refractivity contribution is 6.32. The number of aromatic hydroxyl groups is 1. The summed E-state index contributed by atoms with van der Waals surface area (Å²) in [5.41, 5.74) is 10.9. The third-order valence-corrected chi connectivity index (χ3v) is 7.43.